The van der Waals surface area contributed by atoms with E-state index < -0.39 is 16.6 Å². The lowest BCUT2D eigenvalue weighted by Gasteiger charge is -2.65. The number of cyclic esters (lactones) is 1. The van der Waals surface area contributed by atoms with Crippen LogP contribution in [0, 0.1) is 28.6 Å². The zero-order valence-electron chi connectivity index (χ0n) is 18.1. The fourth-order valence-corrected chi connectivity index (χ4v) is 8.52. The number of hydrogen-bond acceptors (Lipinski definition) is 6. The molecule has 30 heavy (non-hydrogen) atoms. The van der Waals surface area contributed by atoms with E-state index in [1.807, 2.05) is 0 Å². The summed E-state index contributed by atoms with van der Waals surface area (Å²) in [6.07, 6.45) is 8.89. The van der Waals surface area contributed by atoms with Crippen LogP contribution in [0.2, 0.25) is 0 Å². The Morgan fingerprint density at radius 1 is 1.10 bits per heavy atom. The SMILES string of the molecule is COC1CCC2(C=O)C3CCC4(C)C(C5=CC(=O)OC5)CCC4(O)C3CCC2(O)C1. The van der Waals surface area contributed by atoms with Gasteiger partial charge in [0.1, 0.15) is 12.9 Å². The van der Waals surface area contributed by atoms with Gasteiger partial charge in [0.25, 0.3) is 0 Å². The Kier molecular flexibility index (Phi) is 4.56. The molecule has 0 amide bonds. The topological polar surface area (TPSA) is 93.1 Å². The Labute approximate surface area is 178 Å². The number of carbonyl (C=O) groups excluding carboxylic acids is 2. The Balaban J connectivity index is 1.50. The maximum atomic E-state index is 12.6. The first-order valence-electron chi connectivity index (χ1n) is 11.5. The number of methoxy groups -OCH3 is 1. The highest BCUT2D eigenvalue weighted by Crippen LogP contribution is 2.70. The fraction of sp³-hybridized carbons (Fsp3) is 0.833. The lowest BCUT2D eigenvalue weighted by molar-refractivity contribution is -0.249. The molecule has 0 aromatic heterocycles. The van der Waals surface area contributed by atoms with Crippen molar-refractivity contribution in [2.24, 2.45) is 28.6 Å². The highest BCUT2D eigenvalue weighted by Gasteiger charge is 2.71. The Morgan fingerprint density at radius 3 is 2.53 bits per heavy atom. The van der Waals surface area contributed by atoms with E-state index in [-0.39, 0.29) is 35.2 Å². The summed E-state index contributed by atoms with van der Waals surface area (Å²) in [5, 5.41) is 23.8. The van der Waals surface area contributed by atoms with Gasteiger partial charge in [-0.25, -0.2) is 4.79 Å². The van der Waals surface area contributed by atoms with Crippen molar-refractivity contribution in [3.05, 3.63) is 11.6 Å². The minimum atomic E-state index is -1.05. The predicted molar refractivity (Wildman–Crippen MR) is 108 cm³/mol. The summed E-state index contributed by atoms with van der Waals surface area (Å²) in [4.78, 5) is 24.3. The van der Waals surface area contributed by atoms with Crippen LogP contribution >= 0.6 is 0 Å². The summed E-state index contributed by atoms with van der Waals surface area (Å²) >= 11 is 0. The van der Waals surface area contributed by atoms with Crippen molar-refractivity contribution in [1.29, 1.82) is 0 Å². The lowest BCUT2D eigenvalue weighted by Crippen LogP contribution is -2.68. The van der Waals surface area contributed by atoms with Crippen LogP contribution < -0.4 is 0 Å². The fourth-order valence-electron chi connectivity index (χ4n) is 8.52. The molecule has 8 atom stereocenters. The van der Waals surface area contributed by atoms with Gasteiger partial charge in [-0.15, -0.1) is 0 Å². The molecular formula is C24H34O6. The number of rotatable bonds is 3. The van der Waals surface area contributed by atoms with Crippen molar-refractivity contribution in [1.82, 2.24) is 0 Å². The van der Waals surface area contributed by atoms with E-state index in [9.17, 15) is 19.8 Å². The number of aliphatic hydroxyl groups is 2. The highest BCUT2D eigenvalue weighted by molar-refractivity contribution is 5.85. The van der Waals surface area contributed by atoms with E-state index in [1.54, 1.807) is 13.2 Å². The van der Waals surface area contributed by atoms with Gasteiger partial charge in [0.15, 0.2) is 0 Å². The molecule has 5 rings (SSSR count). The van der Waals surface area contributed by atoms with E-state index in [2.05, 4.69) is 6.92 Å². The Hall–Kier alpha value is -1.24. The molecule has 0 bridgehead atoms. The van der Waals surface area contributed by atoms with Crippen LogP contribution in [-0.4, -0.2) is 53.5 Å². The van der Waals surface area contributed by atoms with E-state index >= 15 is 0 Å². The Morgan fingerprint density at radius 2 is 1.87 bits per heavy atom. The van der Waals surface area contributed by atoms with Gasteiger partial charge in [0, 0.05) is 25.0 Å². The van der Waals surface area contributed by atoms with Gasteiger partial charge in [-0.2, -0.15) is 0 Å². The van der Waals surface area contributed by atoms with E-state index in [1.165, 1.54) is 0 Å². The van der Waals surface area contributed by atoms with Crippen molar-refractivity contribution in [3.63, 3.8) is 0 Å². The average molecular weight is 419 g/mol. The van der Waals surface area contributed by atoms with Gasteiger partial charge >= 0.3 is 5.97 Å². The van der Waals surface area contributed by atoms with Crippen molar-refractivity contribution in [2.45, 2.75) is 82.0 Å². The summed E-state index contributed by atoms with van der Waals surface area (Å²) in [6.45, 7) is 2.50. The van der Waals surface area contributed by atoms with Gasteiger partial charge in [-0.3, -0.25) is 0 Å². The van der Waals surface area contributed by atoms with Gasteiger partial charge < -0.3 is 24.5 Å². The summed E-state index contributed by atoms with van der Waals surface area (Å²) in [6, 6.07) is 0. The summed E-state index contributed by atoms with van der Waals surface area (Å²) < 4.78 is 10.7. The third-order valence-corrected chi connectivity index (χ3v) is 10.2. The van der Waals surface area contributed by atoms with E-state index in [0.29, 0.717) is 32.3 Å². The molecule has 5 aliphatic rings. The number of hydrogen-bond donors (Lipinski definition) is 2. The first-order chi connectivity index (χ1) is 14.2. The first-order valence-corrected chi connectivity index (χ1v) is 11.5. The minimum absolute atomic E-state index is 0.00978. The van der Waals surface area contributed by atoms with Gasteiger partial charge in [0.05, 0.1) is 22.7 Å². The van der Waals surface area contributed by atoms with Crippen LogP contribution in [0.5, 0.6) is 0 Å². The highest BCUT2D eigenvalue weighted by atomic mass is 16.5. The van der Waals surface area contributed by atoms with Crippen molar-refractivity contribution in [3.8, 4) is 0 Å². The second-order valence-electron chi connectivity index (χ2n) is 10.8. The van der Waals surface area contributed by atoms with Gasteiger partial charge in [0.2, 0.25) is 0 Å². The molecule has 8 unspecified atom stereocenters. The summed E-state index contributed by atoms with van der Waals surface area (Å²) in [5.74, 6) is -0.175. The number of aldehydes is 1. The Bertz CT molecular complexity index is 793. The second kappa shape index (κ2) is 6.63. The summed E-state index contributed by atoms with van der Waals surface area (Å²) in [5.41, 5.74) is -2.06. The van der Waals surface area contributed by atoms with Crippen LogP contribution in [-0.2, 0) is 19.1 Å². The van der Waals surface area contributed by atoms with Crippen LogP contribution in [0.4, 0.5) is 0 Å². The average Bonchev–Trinajstić information content (AvgIpc) is 3.27. The number of carbonyl (C=O) groups is 2. The zero-order valence-corrected chi connectivity index (χ0v) is 18.1. The monoisotopic (exact) mass is 418 g/mol. The van der Waals surface area contributed by atoms with E-state index in [0.717, 1.165) is 44.0 Å². The van der Waals surface area contributed by atoms with Crippen LogP contribution in [0.3, 0.4) is 0 Å². The molecule has 0 aromatic carbocycles. The molecule has 1 heterocycles. The van der Waals surface area contributed by atoms with Gasteiger partial charge in [-0.05, 0) is 74.7 Å². The molecule has 4 aliphatic carbocycles. The molecule has 6 nitrogen and oxygen atoms in total. The molecule has 166 valence electrons. The second-order valence-corrected chi connectivity index (χ2v) is 10.8. The quantitative estimate of drug-likeness (QED) is 0.541. The standard InChI is InChI=1S/C24H34O6/c1-21-7-4-18-19(24(21,28)10-6-17(21)15-11-20(26)30-13-15)5-9-23(27)12-16(29-2)3-8-22(18,23)14-25/h11,14,16-19,27-28H,3-10,12-13H2,1-2H3. The molecule has 4 saturated carbocycles. The third-order valence-electron chi connectivity index (χ3n) is 10.2. The molecule has 0 saturated heterocycles. The normalized spacial score (nSPS) is 52.7. The minimum Gasteiger partial charge on any atom is -0.458 e. The van der Waals surface area contributed by atoms with Gasteiger partial charge in [-0.1, -0.05) is 6.92 Å². The summed E-state index contributed by atoms with van der Waals surface area (Å²) in [7, 11) is 1.67. The number of esters is 1. The molecule has 1 aliphatic heterocycles. The molecule has 6 heteroatoms. The third kappa shape index (κ3) is 2.41. The first kappa shape index (κ1) is 20.7. The molecule has 0 radical (unpaired) electrons. The van der Waals surface area contributed by atoms with Crippen molar-refractivity contribution >= 4 is 12.3 Å². The molecule has 0 aromatic rings. The van der Waals surface area contributed by atoms with Crippen LogP contribution in [0.25, 0.3) is 0 Å². The molecule has 2 N–H and O–H groups in total. The maximum absolute atomic E-state index is 12.6. The van der Waals surface area contributed by atoms with Crippen molar-refractivity contribution in [2.75, 3.05) is 13.7 Å². The molecule has 0 spiro atoms. The van der Waals surface area contributed by atoms with Crippen molar-refractivity contribution < 1.29 is 29.3 Å². The van der Waals surface area contributed by atoms with Crippen LogP contribution in [0.15, 0.2) is 11.6 Å². The zero-order chi connectivity index (χ0) is 21.4. The predicted octanol–water partition coefficient (Wildman–Crippen LogP) is 2.55. The van der Waals surface area contributed by atoms with Crippen LogP contribution in [0.1, 0.15) is 64.7 Å². The largest absolute Gasteiger partial charge is 0.458 e. The number of fused-ring (bicyclic) bond motifs is 5. The lowest BCUT2D eigenvalue weighted by atomic mass is 9.41. The molecular weight excluding hydrogens is 384 g/mol. The maximum Gasteiger partial charge on any atom is 0.331 e. The van der Waals surface area contributed by atoms with E-state index in [4.69, 9.17) is 9.47 Å². The smallest absolute Gasteiger partial charge is 0.331 e. The number of ether oxygens (including phenoxy) is 2. The molecule has 4 fully saturated rings.